The molecule has 0 spiro atoms. The van der Waals surface area contributed by atoms with Crippen molar-refractivity contribution in [3.63, 3.8) is 0 Å². The molecule has 0 bridgehead atoms. The Morgan fingerprint density at radius 2 is 1.75 bits per heavy atom. The molecule has 2 aromatic rings. The molecule has 5 heteroatoms. The summed E-state index contributed by atoms with van der Waals surface area (Å²) in [7, 11) is 0. The van der Waals surface area contributed by atoms with Gasteiger partial charge in [0.15, 0.2) is 0 Å². The molecule has 1 heterocycles. The molecule has 4 rings (SSSR count). The number of hydrogen-bond donors (Lipinski definition) is 2. The van der Waals surface area contributed by atoms with Crippen LogP contribution in [0.1, 0.15) is 47.1 Å². The summed E-state index contributed by atoms with van der Waals surface area (Å²) in [6.45, 7) is 0.927. The van der Waals surface area contributed by atoms with Crippen LogP contribution >= 0.6 is 0 Å². The maximum Gasteiger partial charge on any atom is 0.416 e. The van der Waals surface area contributed by atoms with Gasteiger partial charge < -0.3 is 10.4 Å². The second-order valence-corrected chi connectivity index (χ2v) is 6.65. The van der Waals surface area contributed by atoms with Gasteiger partial charge in [-0.2, -0.15) is 13.2 Å². The highest BCUT2D eigenvalue weighted by Crippen LogP contribution is 2.52. The van der Waals surface area contributed by atoms with E-state index in [-0.39, 0.29) is 17.7 Å². The molecule has 0 amide bonds. The summed E-state index contributed by atoms with van der Waals surface area (Å²) in [5.41, 5.74) is 2.47. The zero-order chi connectivity index (χ0) is 16.9. The minimum absolute atomic E-state index is 0.0701. The number of nitrogens with one attached hydrogen (secondary N) is 1. The highest BCUT2D eigenvalue weighted by molar-refractivity contribution is 5.49. The quantitative estimate of drug-likeness (QED) is 0.799. The van der Waals surface area contributed by atoms with Crippen LogP contribution in [0.15, 0.2) is 42.5 Å². The van der Waals surface area contributed by atoms with Crippen molar-refractivity contribution >= 4 is 0 Å². The van der Waals surface area contributed by atoms with Crippen molar-refractivity contribution in [1.82, 2.24) is 5.32 Å². The first-order valence-electron chi connectivity index (χ1n) is 8.18. The molecule has 2 aliphatic rings. The Labute approximate surface area is 138 Å². The molecule has 2 N–H and O–H groups in total. The SMILES string of the molecule is Oc1ccc2c(c1)C1NCCCC1C2c1ccc(C(F)(F)F)cc1. The average molecular weight is 333 g/mol. The average Bonchev–Trinajstić information content (AvgIpc) is 2.88. The Morgan fingerprint density at radius 3 is 2.46 bits per heavy atom. The van der Waals surface area contributed by atoms with Crippen molar-refractivity contribution in [2.75, 3.05) is 6.54 Å². The predicted molar refractivity (Wildman–Crippen MR) is 84.9 cm³/mol. The molecule has 2 aromatic carbocycles. The van der Waals surface area contributed by atoms with Gasteiger partial charge in [0.1, 0.15) is 5.75 Å². The Balaban J connectivity index is 1.77. The van der Waals surface area contributed by atoms with E-state index in [2.05, 4.69) is 5.32 Å². The number of aromatic hydroxyl groups is 1. The second-order valence-electron chi connectivity index (χ2n) is 6.65. The number of halogens is 3. The first-order chi connectivity index (χ1) is 11.4. The van der Waals surface area contributed by atoms with E-state index in [1.807, 2.05) is 6.07 Å². The largest absolute Gasteiger partial charge is 0.508 e. The van der Waals surface area contributed by atoms with E-state index in [0.717, 1.165) is 36.1 Å². The fraction of sp³-hybridized carbons (Fsp3) is 0.368. The number of benzene rings is 2. The van der Waals surface area contributed by atoms with Crippen LogP contribution in [-0.4, -0.2) is 11.7 Å². The number of fused-ring (bicyclic) bond motifs is 3. The van der Waals surface area contributed by atoms with Crippen LogP contribution in [0.2, 0.25) is 0 Å². The molecule has 126 valence electrons. The van der Waals surface area contributed by atoms with Crippen LogP contribution in [0, 0.1) is 5.92 Å². The molecule has 1 fully saturated rings. The Hall–Kier alpha value is -2.01. The summed E-state index contributed by atoms with van der Waals surface area (Å²) >= 11 is 0. The molecule has 0 aromatic heterocycles. The van der Waals surface area contributed by atoms with Crippen LogP contribution in [0.4, 0.5) is 13.2 Å². The highest BCUT2D eigenvalue weighted by Gasteiger charge is 2.42. The van der Waals surface area contributed by atoms with Crippen LogP contribution < -0.4 is 5.32 Å². The van der Waals surface area contributed by atoms with Crippen LogP contribution in [0.3, 0.4) is 0 Å². The van der Waals surface area contributed by atoms with Gasteiger partial charge in [0.2, 0.25) is 0 Å². The van der Waals surface area contributed by atoms with Gasteiger partial charge in [-0.25, -0.2) is 0 Å². The maximum absolute atomic E-state index is 12.8. The minimum Gasteiger partial charge on any atom is -0.508 e. The third kappa shape index (κ3) is 2.47. The van der Waals surface area contributed by atoms with Crippen molar-refractivity contribution in [3.05, 3.63) is 64.7 Å². The van der Waals surface area contributed by atoms with Crippen molar-refractivity contribution in [1.29, 1.82) is 0 Å². The van der Waals surface area contributed by atoms with E-state index in [1.54, 1.807) is 24.3 Å². The third-order valence-electron chi connectivity index (χ3n) is 5.27. The van der Waals surface area contributed by atoms with E-state index in [1.165, 1.54) is 12.1 Å². The number of alkyl halides is 3. The van der Waals surface area contributed by atoms with E-state index < -0.39 is 11.7 Å². The van der Waals surface area contributed by atoms with Crippen LogP contribution in [0.25, 0.3) is 0 Å². The van der Waals surface area contributed by atoms with Gasteiger partial charge in [0.25, 0.3) is 0 Å². The number of phenols is 1. The van der Waals surface area contributed by atoms with E-state index in [4.69, 9.17) is 0 Å². The van der Waals surface area contributed by atoms with Gasteiger partial charge in [-0.3, -0.25) is 0 Å². The highest BCUT2D eigenvalue weighted by atomic mass is 19.4. The zero-order valence-electron chi connectivity index (χ0n) is 13.0. The lowest BCUT2D eigenvalue weighted by atomic mass is 9.80. The summed E-state index contributed by atoms with van der Waals surface area (Å²) in [6.07, 6.45) is -2.23. The number of piperidine rings is 1. The predicted octanol–water partition coefficient (Wildman–Crippen LogP) is 4.60. The maximum atomic E-state index is 12.8. The zero-order valence-corrected chi connectivity index (χ0v) is 13.0. The first kappa shape index (κ1) is 15.5. The molecule has 24 heavy (non-hydrogen) atoms. The summed E-state index contributed by atoms with van der Waals surface area (Å²) in [6, 6.07) is 11.0. The van der Waals surface area contributed by atoms with Crippen molar-refractivity contribution in [2.24, 2.45) is 5.92 Å². The molecule has 1 saturated heterocycles. The number of rotatable bonds is 1. The van der Waals surface area contributed by atoms with Gasteiger partial charge in [-0.15, -0.1) is 0 Å². The van der Waals surface area contributed by atoms with Crippen LogP contribution in [-0.2, 0) is 6.18 Å². The topological polar surface area (TPSA) is 32.3 Å². The van der Waals surface area contributed by atoms with Crippen molar-refractivity contribution in [2.45, 2.75) is 31.0 Å². The first-order valence-corrected chi connectivity index (χ1v) is 8.18. The molecule has 0 saturated carbocycles. The Bertz CT molecular complexity index is 754. The number of phenolic OH excluding ortho intramolecular Hbond substituents is 1. The standard InChI is InChI=1S/C19H18F3NO/c20-19(21,22)12-5-3-11(4-6-12)17-14-8-7-13(24)10-16(14)18-15(17)2-1-9-23-18/h3-8,10,15,17-18,23-24H,1-2,9H2. The normalized spacial score (nSPS) is 26.0. The lowest BCUT2D eigenvalue weighted by Crippen LogP contribution is -2.32. The molecule has 0 radical (unpaired) electrons. The third-order valence-corrected chi connectivity index (χ3v) is 5.27. The molecule has 1 aliphatic carbocycles. The fourth-order valence-corrected chi connectivity index (χ4v) is 4.26. The lowest BCUT2D eigenvalue weighted by Gasteiger charge is -2.31. The second kappa shape index (κ2) is 5.52. The molecule has 3 atom stereocenters. The molecular formula is C19H18F3NO. The number of hydrogen-bond acceptors (Lipinski definition) is 2. The molecule has 1 aliphatic heterocycles. The Kier molecular flexibility index (Phi) is 3.57. The monoisotopic (exact) mass is 333 g/mol. The Morgan fingerprint density at radius 1 is 1.00 bits per heavy atom. The van der Waals surface area contributed by atoms with Gasteiger partial charge in [0.05, 0.1) is 5.56 Å². The molecule has 2 nitrogen and oxygen atoms in total. The van der Waals surface area contributed by atoms with E-state index in [9.17, 15) is 18.3 Å². The van der Waals surface area contributed by atoms with E-state index >= 15 is 0 Å². The summed E-state index contributed by atoms with van der Waals surface area (Å²) in [4.78, 5) is 0. The summed E-state index contributed by atoms with van der Waals surface area (Å²) < 4.78 is 38.4. The van der Waals surface area contributed by atoms with Crippen LogP contribution in [0.5, 0.6) is 5.75 Å². The van der Waals surface area contributed by atoms with E-state index in [0.29, 0.717) is 5.92 Å². The molecule has 3 unspecified atom stereocenters. The van der Waals surface area contributed by atoms with Gasteiger partial charge >= 0.3 is 6.18 Å². The molecular weight excluding hydrogens is 315 g/mol. The van der Waals surface area contributed by atoms with Crippen molar-refractivity contribution in [3.8, 4) is 5.75 Å². The lowest BCUT2D eigenvalue weighted by molar-refractivity contribution is -0.137. The smallest absolute Gasteiger partial charge is 0.416 e. The fourth-order valence-electron chi connectivity index (χ4n) is 4.26. The van der Waals surface area contributed by atoms with Gasteiger partial charge in [-0.1, -0.05) is 18.2 Å². The summed E-state index contributed by atoms with van der Waals surface area (Å²) in [5, 5.41) is 13.3. The van der Waals surface area contributed by atoms with Gasteiger partial charge in [-0.05, 0) is 66.3 Å². The van der Waals surface area contributed by atoms with Gasteiger partial charge in [0, 0.05) is 12.0 Å². The summed E-state index contributed by atoms with van der Waals surface area (Å²) in [5.74, 6) is 0.612. The van der Waals surface area contributed by atoms with Crippen molar-refractivity contribution < 1.29 is 18.3 Å². The minimum atomic E-state index is -4.31.